The van der Waals surface area contributed by atoms with Gasteiger partial charge in [0.15, 0.2) is 0 Å². The minimum atomic E-state index is -7.20. The molecule has 0 aliphatic heterocycles. The molecule has 0 saturated heterocycles. The Balaban J connectivity index is 6.13. The number of hydrogen-bond donors (Lipinski definition) is 1. The molecule has 0 atom stereocenters. The van der Waals surface area contributed by atoms with Crippen molar-refractivity contribution >= 4 is 10.0 Å². The van der Waals surface area contributed by atoms with Crippen LogP contribution in [0.25, 0.3) is 0 Å². The van der Waals surface area contributed by atoms with Gasteiger partial charge in [-0.1, -0.05) is 4.90 Å². The van der Waals surface area contributed by atoms with E-state index in [1.54, 1.807) is 0 Å². The summed E-state index contributed by atoms with van der Waals surface area (Å²) in [7, 11) is -6.75. The molecule has 15 heteroatoms. The first kappa shape index (κ1) is 18.2. The number of nitrogens with two attached hydrogens (primary N) is 1. The number of rotatable bonds is 3. The van der Waals surface area contributed by atoms with Crippen molar-refractivity contribution in [3.63, 3.8) is 0 Å². The summed E-state index contributed by atoms with van der Waals surface area (Å²) < 4.78 is 141. The van der Waals surface area contributed by atoms with E-state index >= 15 is 0 Å². The van der Waals surface area contributed by atoms with Gasteiger partial charge in [0, 0.05) is 0 Å². The van der Waals surface area contributed by atoms with E-state index in [0.29, 0.717) is 0 Å². The standard InChI is InChI=1S/C4H2F10N2O2S/c5-1(6,2(7,8)19(15,17)18)16(3(9,10)11)4(12,13)14/h(H2,15,17,18). The Bertz CT molecular complexity index is 421. The molecule has 0 radical (unpaired) electrons. The highest BCUT2D eigenvalue weighted by molar-refractivity contribution is 7.90. The second-order valence-corrected chi connectivity index (χ2v) is 4.48. The van der Waals surface area contributed by atoms with Crippen molar-refractivity contribution in [1.82, 2.24) is 4.90 Å². The zero-order valence-electron chi connectivity index (χ0n) is 8.03. The SMILES string of the molecule is NS(=O)(=O)C(F)(F)C(F)(F)N(C(F)(F)F)C(F)(F)F. The van der Waals surface area contributed by atoms with Crippen molar-refractivity contribution in [2.24, 2.45) is 5.14 Å². The van der Waals surface area contributed by atoms with Crippen LogP contribution in [-0.2, 0) is 10.0 Å². The molecular formula is C4H2F10N2O2S. The zero-order valence-corrected chi connectivity index (χ0v) is 8.85. The van der Waals surface area contributed by atoms with E-state index in [2.05, 4.69) is 5.14 Å². The van der Waals surface area contributed by atoms with Crippen molar-refractivity contribution in [1.29, 1.82) is 0 Å². The van der Waals surface area contributed by atoms with Gasteiger partial charge in [-0.05, 0) is 0 Å². The monoisotopic (exact) mass is 332 g/mol. The highest BCUT2D eigenvalue weighted by Crippen LogP contribution is 2.49. The van der Waals surface area contributed by atoms with Crippen molar-refractivity contribution < 1.29 is 52.3 Å². The number of sulfonamides is 1. The molecule has 19 heavy (non-hydrogen) atoms. The van der Waals surface area contributed by atoms with Gasteiger partial charge in [0.05, 0.1) is 0 Å². The first-order valence-electron chi connectivity index (χ1n) is 3.58. The van der Waals surface area contributed by atoms with Crippen LogP contribution >= 0.6 is 0 Å². The average Bonchev–Trinajstić information content (AvgIpc) is 1.92. The Morgan fingerprint density at radius 2 is 1.00 bits per heavy atom. The van der Waals surface area contributed by atoms with Crippen LogP contribution in [0.15, 0.2) is 0 Å². The fourth-order valence-corrected chi connectivity index (χ4v) is 1.20. The largest absolute Gasteiger partial charge is 0.472 e. The van der Waals surface area contributed by atoms with Crippen LogP contribution in [-0.4, -0.2) is 37.2 Å². The molecule has 116 valence electrons. The molecule has 0 spiro atoms. The molecule has 0 fully saturated rings. The summed E-state index contributed by atoms with van der Waals surface area (Å²) in [5.74, 6) is 0. The Morgan fingerprint density at radius 3 is 1.16 bits per heavy atom. The molecule has 0 aliphatic carbocycles. The summed E-state index contributed by atoms with van der Waals surface area (Å²) >= 11 is 0. The molecular weight excluding hydrogens is 330 g/mol. The smallest absolute Gasteiger partial charge is 0.223 e. The maximum Gasteiger partial charge on any atom is 0.472 e. The van der Waals surface area contributed by atoms with E-state index in [4.69, 9.17) is 0 Å². The molecule has 2 N–H and O–H groups in total. The first-order valence-corrected chi connectivity index (χ1v) is 5.13. The van der Waals surface area contributed by atoms with Gasteiger partial charge < -0.3 is 0 Å². The predicted molar refractivity (Wildman–Crippen MR) is 37.0 cm³/mol. The second kappa shape index (κ2) is 4.34. The van der Waals surface area contributed by atoms with Crippen molar-refractivity contribution in [3.8, 4) is 0 Å². The van der Waals surface area contributed by atoms with Gasteiger partial charge >= 0.3 is 23.9 Å². The number of nitrogens with zero attached hydrogens (tertiary/aromatic N) is 1. The van der Waals surface area contributed by atoms with Crippen LogP contribution in [0.2, 0.25) is 0 Å². The van der Waals surface area contributed by atoms with Crippen LogP contribution < -0.4 is 5.14 Å². The predicted octanol–water partition coefficient (Wildman–Crippen LogP) is 1.80. The lowest BCUT2D eigenvalue weighted by atomic mass is 10.5. The first-order chi connectivity index (χ1) is 7.87. The Hall–Kier alpha value is -0.830. The summed E-state index contributed by atoms with van der Waals surface area (Å²) in [6.07, 6.45) is -14.1. The van der Waals surface area contributed by atoms with Crippen molar-refractivity contribution in [2.75, 3.05) is 0 Å². The average molecular weight is 332 g/mol. The highest BCUT2D eigenvalue weighted by Gasteiger charge is 2.78. The zero-order chi connectivity index (χ0) is 16.1. The Kier molecular flexibility index (Phi) is 4.15. The summed E-state index contributed by atoms with van der Waals surface area (Å²) in [5.41, 5.74) is 0. The van der Waals surface area contributed by atoms with Crippen LogP contribution in [0.1, 0.15) is 0 Å². The third-order valence-corrected chi connectivity index (χ3v) is 2.46. The number of alkyl halides is 10. The lowest BCUT2D eigenvalue weighted by molar-refractivity contribution is -0.459. The molecule has 0 aliphatic rings. The molecule has 0 aromatic rings. The van der Waals surface area contributed by atoms with E-state index < -0.39 is 38.8 Å². The Morgan fingerprint density at radius 1 is 0.737 bits per heavy atom. The Labute approximate surface area is 97.3 Å². The summed E-state index contributed by atoms with van der Waals surface area (Å²) in [5, 5.41) is -3.32. The van der Waals surface area contributed by atoms with Gasteiger partial charge in [-0.3, -0.25) is 0 Å². The van der Waals surface area contributed by atoms with E-state index in [1.807, 2.05) is 0 Å². The summed E-state index contributed by atoms with van der Waals surface area (Å²) in [6, 6.07) is -7.20. The van der Waals surface area contributed by atoms with E-state index in [-0.39, 0.29) is 0 Å². The molecule has 0 aromatic heterocycles. The fourth-order valence-electron chi connectivity index (χ4n) is 0.764. The number of hydrogen-bond acceptors (Lipinski definition) is 3. The number of halogens is 10. The van der Waals surface area contributed by atoms with Crippen molar-refractivity contribution in [3.05, 3.63) is 0 Å². The topological polar surface area (TPSA) is 63.4 Å². The lowest BCUT2D eigenvalue weighted by Crippen LogP contribution is -2.67. The molecule has 4 nitrogen and oxygen atoms in total. The van der Waals surface area contributed by atoms with E-state index in [1.165, 1.54) is 0 Å². The molecule has 0 unspecified atom stereocenters. The van der Waals surface area contributed by atoms with E-state index in [9.17, 15) is 52.3 Å². The van der Waals surface area contributed by atoms with Crippen LogP contribution in [0, 0.1) is 0 Å². The molecule has 0 heterocycles. The van der Waals surface area contributed by atoms with E-state index in [0.717, 1.165) is 0 Å². The van der Waals surface area contributed by atoms with Crippen molar-refractivity contribution in [2.45, 2.75) is 23.9 Å². The third-order valence-electron chi connectivity index (χ3n) is 1.50. The molecule has 0 aromatic carbocycles. The third kappa shape index (κ3) is 3.19. The van der Waals surface area contributed by atoms with Gasteiger partial charge in [0.25, 0.3) is 10.0 Å². The maximum absolute atomic E-state index is 12.6. The normalized spacial score (nSPS) is 16.0. The van der Waals surface area contributed by atoms with Gasteiger partial charge in [0.1, 0.15) is 0 Å². The number of primary sulfonamides is 1. The second-order valence-electron chi connectivity index (χ2n) is 2.87. The maximum atomic E-state index is 12.6. The molecule has 0 bridgehead atoms. The van der Waals surface area contributed by atoms with Gasteiger partial charge in [-0.2, -0.15) is 43.9 Å². The van der Waals surface area contributed by atoms with Gasteiger partial charge in [-0.15, -0.1) is 0 Å². The summed E-state index contributed by atoms with van der Waals surface area (Å²) in [6.45, 7) is 0. The van der Waals surface area contributed by atoms with Crippen LogP contribution in [0.5, 0.6) is 0 Å². The van der Waals surface area contributed by atoms with Crippen LogP contribution in [0.4, 0.5) is 43.9 Å². The molecule has 0 saturated carbocycles. The minimum Gasteiger partial charge on any atom is -0.223 e. The fraction of sp³-hybridized carbons (Fsp3) is 1.00. The highest BCUT2D eigenvalue weighted by atomic mass is 32.2. The molecule has 0 amide bonds. The van der Waals surface area contributed by atoms with Gasteiger partial charge in [0.2, 0.25) is 0 Å². The van der Waals surface area contributed by atoms with Gasteiger partial charge in [-0.25, -0.2) is 13.6 Å². The lowest BCUT2D eigenvalue weighted by Gasteiger charge is -2.36. The van der Waals surface area contributed by atoms with Crippen LogP contribution in [0.3, 0.4) is 0 Å². The quantitative estimate of drug-likeness (QED) is 0.633. The molecule has 0 rings (SSSR count). The summed E-state index contributed by atoms with van der Waals surface area (Å²) in [4.78, 5) is -3.85. The minimum absolute atomic E-state index is 3.50.